The Morgan fingerprint density at radius 1 is 1.19 bits per heavy atom. The van der Waals surface area contributed by atoms with E-state index in [4.69, 9.17) is 0 Å². The van der Waals surface area contributed by atoms with E-state index in [1.54, 1.807) is 5.57 Å². The molecule has 148 valence electrons. The number of aliphatic hydroxyl groups excluding tert-OH is 1. The number of aryl methyl sites for hydroxylation is 2. The standard InChI is InChI=1S/C25H37NO/c1-19-9-8-12-20(15-19)10-5-6-13-23-24-17-21(11-4-3-7-14-26-2)16-22(24)18-25(23)27/h6,8-9,12-13,15-16,22-27H,3-5,7,10-11,14,17-18H2,1-2H3/t22-,23+,24-,25+/m0/s1. The molecule has 27 heavy (non-hydrogen) atoms. The van der Waals surface area contributed by atoms with E-state index in [9.17, 15) is 5.11 Å². The van der Waals surface area contributed by atoms with Gasteiger partial charge in [-0.05, 0) is 82.9 Å². The number of hydrogen-bond donors (Lipinski definition) is 2. The van der Waals surface area contributed by atoms with Gasteiger partial charge in [0.1, 0.15) is 0 Å². The highest BCUT2D eigenvalue weighted by molar-refractivity contribution is 5.23. The molecule has 1 fully saturated rings. The van der Waals surface area contributed by atoms with Crippen molar-refractivity contribution in [2.75, 3.05) is 13.6 Å². The zero-order valence-electron chi connectivity index (χ0n) is 17.2. The van der Waals surface area contributed by atoms with Gasteiger partial charge in [0.05, 0.1) is 6.10 Å². The lowest BCUT2D eigenvalue weighted by molar-refractivity contribution is 0.141. The first kappa shape index (κ1) is 20.4. The minimum absolute atomic E-state index is 0.149. The van der Waals surface area contributed by atoms with Crippen LogP contribution in [-0.4, -0.2) is 24.8 Å². The number of hydrogen-bond acceptors (Lipinski definition) is 2. The van der Waals surface area contributed by atoms with Gasteiger partial charge < -0.3 is 10.4 Å². The third-order valence-corrected chi connectivity index (χ3v) is 6.42. The number of allylic oxidation sites excluding steroid dienone is 3. The van der Waals surface area contributed by atoms with Crippen LogP contribution >= 0.6 is 0 Å². The quantitative estimate of drug-likeness (QED) is 0.440. The van der Waals surface area contributed by atoms with Gasteiger partial charge in [-0.15, -0.1) is 0 Å². The maximum atomic E-state index is 10.5. The Morgan fingerprint density at radius 2 is 2.07 bits per heavy atom. The molecule has 1 aromatic carbocycles. The molecule has 0 bridgehead atoms. The normalized spacial score (nSPS) is 27.3. The van der Waals surface area contributed by atoms with Gasteiger partial charge in [-0.2, -0.15) is 0 Å². The third kappa shape index (κ3) is 5.80. The van der Waals surface area contributed by atoms with Gasteiger partial charge in [-0.25, -0.2) is 0 Å². The summed E-state index contributed by atoms with van der Waals surface area (Å²) in [5.41, 5.74) is 4.40. The Morgan fingerprint density at radius 3 is 2.89 bits per heavy atom. The van der Waals surface area contributed by atoms with Gasteiger partial charge in [0.2, 0.25) is 0 Å². The number of unbranched alkanes of at least 4 members (excludes halogenated alkanes) is 2. The maximum Gasteiger partial charge on any atom is 0.0611 e. The monoisotopic (exact) mass is 367 g/mol. The largest absolute Gasteiger partial charge is 0.392 e. The molecule has 0 spiro atoms. The molecule has 0 radical (unpaired) electrons. The molecule has 2 aliphatic carbocycles. The predicted octanol–water partition coefficient (Wildman–Crippen LogP) is 5.21. The maximum absolute atomic E-state index is 10.5. The Hall–Kier alpha value is -1.38. The second-order valence-corrected chi connectivity index (χ2v) is 8.61. The summed E-state index contributed by atoms with van der Waals surface area (Å²) in [6.45, 7) is 3.28. The summed E-state index contributed by atoms with van der Waals surface area (Å²) in [4.78, 5) is 0. The molecule has 0 aromatic heterocycles. The molecule has 0 saturated heterocycles. The Bertz CT molecular complexity index is 647. The summed E-state index contributed by atoms with van der Waals surface area (Å²) in [7, 11) is 2.03. The molecular formula is C25H37NO. The van der Waals surface area contributed by atoms with Crippen LogP contribution < -0.4 is 5.32 Å². The fraction of sp³-hybridized carbons (Fsp3) is 0.600. The summed E-state index contributed by atoms with van der Waals surface area (Å²) >= 11 is 0. The Balaban J connectivity index is 1.44. The smallest absolute Gasteiger partial charge is 0.0611 e. The molecule has 1 aromatic rings. The lowest BCUT2D eigenvalue weighted by Gasteiger charge is -2.18. The molecule has 0 unspecified atom stereocenters. The van der Waals surface area contributed by atoms with E-state index in [2.05, 4.69) is 54.7 Å². The van der Waals surface area contributed by atoms with Crippen molar-refractivity contribution in [1.29, 1.82) is 0 Å². The fourth-order valence-electron chi connectivity index (χ4n) is 4.99. The van der Waals surface area contributed by atoms with Gasteiger partial charge in [-0.1, -0.05) is 60.1 Å². The summed E-state index contributed by atoms with van der Waals surface area (Å²) in [6, 6.07) is 8.78. The van der Waals surface area contributed by atoms with Crippen LogP contribution in [0.3, 0.4) is 0 Å². The topological polar surface area (TPSA) is 32.3 Å². The zero-order chi connectivity index (χ0) is 19.1. The van der Waals surface area contributed by atoms with Crippen molar-refractivity contribution >= 4 is 0 Å². The van der Waals surface area contributed by atoms with E-state index in [-0.39, 0.29) is 6.10 Å². The molecule has 1 saturated carbocycles. The summed E-state index contributed by atoms with van der Waals surface area (Å²) in [5.74, 6) is 1.60. The number of rotatable bonds is 10. The third-order valence-electron chi connectivity index (χ3n) is 6.42. The van der Waals surface area contributed by atoms with Crippen molar-refractivity contribution in [2.45, 2.75) is 64.4 Å². The van der Waals surface area contributed by atoms with Crippen LogP contribution in [0, 0.1) is 24.7 Å². The molecule has 0 heterocycles. The van der Waals surface area contributed by atoms with Gasteiger partial charge in [0, 0.05) is 5.92 Å². The first-order chi connectivity index (χ1) is 13.2. The van der Waals surface area contributed by atoms with Gasteiger partial charge in [-0.3, -0.25) is 0 Å². The van der Waals surface area contributed by atoms with Crippen LogP contribution in [-0.2, 0) is 6.42 Å². The number of aliphatic hydroxyl groups is 1. The summed E-state index contributed by atoms with van der Waals surface area (Å²) in [6.07, 6.45) is 16.5. The van der Waals surface area contributed by atoms with Crippen molar-refractivity contribution in [3.8, 4) is 0 Å². The minimum Gasteiger partial charge on any atom is -0.392 e. The van der Waals surface area contributed by atoms with Crippen molar-refractivity contribution in [2.24, 2.45) is 17.8 Å². The second-order valence-electron chi connectivity index (χ2n) is 8.61. The highest BCUT2D eigenvalue weighted by Crippen LogP contribution is 2.48. The number of fused-ring (bicyclic) bond motifs is 1. The van der Waals surface area contributed by atoms with Crippen molar-refractivity contribution in [3.05, 3.63) is 59.2 Å². The first-order valence-electron chi connectivity index (χ1n) is 10.9. The molecule has 3 rings (SSSR count). The van der Waals surface area contributed by atoms with Crippen LogP contribution in [0.5, 0.6) is 0 Å². The van der Waals surface area contributed by atoms with E-state index < -0.39 is 0 Å². The van der Waals surface area contributed by atoms with Crippen molar-refractivity contribution in [1.82, 2.24) is 5.32 Å². The number of nitrogens with one attached hydrogen (secondary N) is 1. The van der Waals surface area contributed by atoms with Crippen LogP contribution in [0.15, 0.2) is 48.1 Å². The number of benzene rings is 1. The molecule has 2 aliphatic rings. The molecule has 2 N–H and O–H groups in total. The summed E-state index contributed by atoms with van der Waals surface area (Å²) < 4.78 is 0. The average Bonchev–Trinajstić information content (AvgIpc) is 3.16. The van der Waals surface area contributed by atoms with Crippen molar-refractivity contribution < 1.29 is 5.11 Å². The predicted molar refractivity (Wildman–Crippen MR) is 115 cm³/mol. The van der Waals surface area contributed by atoms with E-state index in [1.807, 2.05) is 7.05 Å². The molecule has 0 amide bonds. The lowest BCUT2D eigenvalue weighted by Crippen LogP contribution is -2.17. The van der Waals surface area contributed by atoms with Gasteiger partial charge in [0.25, 0.3) is 0 Å². The lowest BCUT2D eigenvalue weighted by atomic mass is 9.88. The summed E-state index contributed by atoms with van der Waals surface area (Å²) in [5, 5.41) is 13.7. The molecular weight excluding hydrogens is 330 g/mol. The van der Waals surface area contributed by atoms with Crippen LogP contribution in [0.25, 0.3) is 0 Å². The first-order valence-corrected chi connectivity index (χ1v) is 10.9. The van der Waals surface area contributed by atoms with Gasteiger partial charge >= 0.3 is 0 Å². The zero-order valence-corrected chi connectivity index (χ0v) is 17.2. The van der Waals surface area contributed by atoms with E-state index in [0.717, 1.165) is 25.8 Å². The van der Waals surface area contributed by atoms with E-state index in [0.29, 0.717) is 17.8 Å². The highest BCUT2D eigenvalue weighted by atomic mass is 16.3. The minimum atomic E-state index is -0.149. The molecule has 2 heteroatoms. The van der Waals surface area contributed by atoms with Crippen LogP contribution in [0.2, 0.25) is 0 Å². The SMILES string of the molecule is CNCCCCCC1=C[C@H]2C[C@@H](O)[C@H](C=CCCc3cccc(C)c3)[C@H]2C1. The molecule has 2 nitrogen and oxygen atoms in total. The fourth-order valence-corrected chi connectivity index (χ4v) is 4.99. The molecule has 0 aliphatic heterocycles. The average molecular weight is 368 g/mol. The van der Waals surface area contributed by atoms with Gasteiger partial charge in [0.15, 0.2) is 0 Å². The Kier molecular flexibility index (Phi) is 7.72. The Labute approximate surface area is 165 Å². The second kappa shape index (κ2) is 10.2. The van der Waals surface area contributed by atoms with Crippen LogP contribution in [0.1, 0.15) is 56.1 Å². The molecule has 4 atom stereocenters. The highest BCUT2D eigenvalue weighted by Gasteiger charge is 2.42. The van der Waals surface area contributed by atoms with E-state index in [1.165, 1.54) is 43.2 Å². The van der Waals surface area contributed by atoms with Crippen LogP contribution in [0.4, 0.5) is 0 Å². The van der Waals surface area contributed by atoms with Crippen molar-refractivity contribution in [3.63, 3.8) is 0 Å². The van der Waals surface area contributed by atoms with E-state index >= 15 is 0 Å².